The Bertz CT molecular complexity index is 1180. The molecule has 2 N–H and O–H groups in total. The van der Waals surface area contributed by atoms with E-state index in [9.17, 15) is 4.79 Å². The maximum Gasteiger partial charge on any atom is 0.256 e. The molecule has 0 radical (unpaired) electrons. The van der Waals surface area contributed by atoms with Gasteiger partial charge in [0.2, 0.25) is 5.95 Å². The van der Waals surface area contributed by atoms with Crippen LogP contribution in [0.15, 0.2) is 72.8 Å². The van der Waals surface area contributed by atoms with Gasteiger partial charge in [0.1, 0.15) is 5.00 Å². The standard InChI is InChI=1S/C26H26N4OS/c1-4-21-16-22(25(32-21)30-24(31)20-13-9-6-10-14-20)23(19-11-7-5-8-12-19)29-26-27-17(2)15-18(3)28-26/h5-16,23H,4H2,1-3H3,(H,30,31)(H,27,28,29). The Balaban J connectivity index is 1.75. The van der Waals surface area contributed by atoms with E-state index in [1.807, 2.05) is 68.4 Å². The molecule has 6 heteroatoms. The van der Waals surface area contributed by atoms with Crippen molar-refractivity contribution in [2.45, 2.75) is 33.2 Å². The lowest BCUT2D eigenvalue weighted by Gasteiger charge is -2.21. The number of carbonyl (C=O) groups is 1. The molecule has 32 heavy (non-hydrogen) atoms. The van der Waals surface area contributed by atoms with E-state index < -0.39 is 0 Å². The Morgan fingerprint density at radius 2 is 1.56 bits per heavy atom. The summed E-state index contributed by atoms with van der Waals surface area (Å²) in [5.74, 6) is 0.451. The number of carbonyl (C=O) groups excluding carboxylic acids is 1. The van der Waals surface area contributed by atoms with Gasteiger partial charge >= 0.3 is 0 Å². The van der Waals surface area contributed by atoms with Crippen LogP contribution in [0.4, 0.5) is 10.9 Å². The van der Waals surface area contributed by atoms with Crippen LogP contribution in [-0.2, 0) is 6.42 Å². The molecule has 4 aromatic rings. The number of aryl methyl sites for hydroxylation is 3. The first-order valence-electron chi connectivity index (χ1n) is 10.7. The fourth-order valence-electron chi connectivity index (χ4n) is 3.62. The van der Waals surface area contributed by atoms with Crippen LogP contribution in [0.2, 0.25) is 0 Å². The molecule has 0 fully saturated rings. The highest BCUT2D eigenvalue weighted by atomic mass is 32.1. The minimum absolute atomic E-state index is 0.120. The molecule has 1 amide bonds. The van der Waals surface area contributed by atoms with E-state index in [1.54, 1.807) is 11.3 Å². The van der Waals surface area contributed by atoms with Gasteiger partial charge in [0, 0.05) is 27.4 Å². The van der Waals surface area contributed by atoms with Gasteiger partial charge in [0.05, 0.1) is 6.04 Å². The van der Waals surface area contributed by atoms with Gasteiger partial charge in [0.25, 0.3) is 5.91 Å². The van der Waals surface area contributed by atoms with Gasteiger partial charge in [-0.2, -0.15) is 0 Å². The Hall–Kier alpha value is -3.51. The molecule has 1 unspecified atom stereocenters. The third-order valence-electron chi connectivity index (χ3n) is 5.12. The average molecular weight is 443 g/mol. The van der Waals surface area contributed by atoms with E-state index in [0.717, 1.165) is 33.9 Å². The lowest BCUT2D eigenvalue weighted by Crippen LogP contribution is -2.18. The summed E-state index contributed by atoms with van der Waals surface area (Å²) in [4.78, 5) is 23.3. The number of rotatable bonds is 7. The summed E-state index contributed by atoms with van der Waals surface area (Å²) < 4.78 is 0. The van der Waals surface area contributed by atoms with Crippen LogP contribution < -0.4 is 10.6 Å². The summed E-state index contributed by atoms with van der Waals surface area (Å²) in [7, 11) is 0. The van der Waals surface area contributed by atoms with Gasteiger partial charge in [0.15, 0.2) is 0 Å². The monoisotopic (exact) mass is 442 g/mol. The Kier molecular flexibility index (Phi) is 6.61. The SMILES string of the molecule is CCc1cc(C(Nc2nc(C)cc(C)n2)c2ccccc2)c(NC(=O)c2ccccc2)s1. The number of benzene rings is 2. The van der Waals surface area contributed by atoms with Crippen molar-refractivity contribution in [1.29, 1.82) is 0 Å². The topological polar surface area (TPSA) is 66.9 Å². The second kappa shape index (κ2) is 9.75. The van der Waals surface area contributed by atoms with E-state index in [2.05, 4.69) is 45.7 Å². The Morgan fingerprint density at radius 1 is 0.938 bits per heavy atom. The second-order valence-corrected chi connectivity index (χ2v) is 8.77. The smallest absolute Gasteiger partial charge is 0.256 e. The van der Waals surface area contributed by atoms with E-state index in [1.165, 1.54) is 4.88 Å². The van der Waals surface area contributed by atoms with Crippen molar-refractivity contribution < 1.29 is 4.79 Å². The van der Waals surface area contributed by atoms with Crippen LogP contribution in [-0.4, -0.2) is 15.9 Å². The van der Waals surface area contributed by atoms with E-state index in [0.29, 0.717) is 11.5 Å². The zero-order valence-electron chi connectivity index (χ0n) is 18.4. The first-order valence-corrected chi connectivity index (χ1v) is 11.5. The number of nitrogens with one attached hydrogen (secondary N) is 2. The van der Waals surface area contributed by atoms with Crippen LogP contribution in [0.1, 0.15) is 50.7 Å². The number of nitrogens with zero attached hydrogens (tertiary/aromatic N) is 2. The van der Waals surface area contributed by atoms with Crippen molar-refractivity contribution in [3.05, 3.63) is 106 Å². The number of aromatic nitrogens is 2. The molecule has 0 aliphatic carbocycles. The second-order valence-electron chi connectivity index (χ2n) is 7.63. The van der Waals surface area contributed by atoms with Crippen LogP contribution >= 0.6 is 11.3 Å². The summed E-state index contributed by atoms with van der Waals surface area (Å²) in [6.07, 6.45) is 0.889. The fraction of sp³-hybridized carbons (Fsp3) is 0.192. The molecule has 5 nitrogen and oxygen atoms in total. The molecule has 0 bridgehead atoms. The van der Waals surface area contributed by atoms with Crippen molar-refractivity contribution in [2.75, 3.05) is 10.6 Å². The van der Waals surface area contributed by atoms with E-state index in [-0.39, 0.29) is 11.9 Å². The van der Waals surface area contributed by atoms with Crippen molar-refractivity contribution in [2.24, 2.45) is 0 Å². The van der Waals surface area contributed by atoms with Gasteiger partial charge < -0.3 is 10.6 Å². The average Bonchev–Trinajstić information content (AvgIpc) is 3.20. The molecule has 2 heterocycles. The molecule has 1 atom stereocenters. The predicted molar refractivity (Wildman–Crippen MR) is 132 cm³/mol. The summed E-state index contributed by atoms with van der Waals surface area (Å²) >= 11 is 1.61. The molecule has 2 aromatic carbocycles. The summed E-state index contributed by atoms with van der Waals surface area (Å²) in [5.41, 5.74) is 4.52. The number of hydrogen-bond donors (Lipinski definition) is 2. The number of thiophene rings is 1. The van der Waals surface area contributed by atoms with Crippen molar-refractivity contribution in [1.82, 2.24) is 9.97 Å². The summed E-state index contributed by atoms with van der Waals surface area (Å²) in [6, 6.07) is 23.4. The van der Waals surface area contributed by atoms with Gasteiger partial charge in [-0.05, 0) is 50.1 Å². The highest BCUT2D eigenvalue weighted by Crippen LogP contribution is 2.38. The molecule has 0 aliphatic heterocycles. The summed E-state index contributed by atoms with van der Waals surface area (Å²) in [6.45, 7) is 6.04. The molecular formula is C26H26N4OS. The van der Waals surface area contributed by atoms with E-state index in [4.69, 9.17) is 0 Å². The first-order chi connectivity index (χ1) is 15.5. The van der Waals surface area contributed by atoms with Crippen molar-refractivity contribution in [3.8, 4) is 0 Å². The number of hydrogen-bond acceptors (Lipinski definition) is 5. The maximum absolute atomic E-state index is 12.9. The zero-order valence-corrected chi connectivity index (χ0v) is 19.2. The summed E-state index contributed by atoms with van der Waals surface area (Å²) in [5, 5.41) is 7.49. The molecule has 2 aromatic heterocycles. The quantitative estimate of drug-likeness (QED) is 0.359. The molecule has 0 spiro atoms. The molecule has 0 aliphatic rings. The highest BCUT2D eigenvalue weighted by molar-refractivity contribution is 7.16. The van der Waals surface area contributed by atoms with Crippen molar-refractivity contribution in [3.63, 3.8) is 0 Å². The maximum atomic E-state index is 12.9. The predicted octanol–water partition coefficient (Wildman–Crippen LogP) is 6.17. The van der Waals surface area contributed by atoms with E-state index >= 15 is 0 Å². The van der Waals surface area contributed by atoms with Crippen LogP contribution in [0.3, 0.4) is 0 Å². The third-order valence-corrected chi connectivity index (χ3v) is 6.33. The number of anilines is 2. The van der Waals surface area contributed by atoms with Gasteiger partial charge in [-0.25, -0.2) is 9.97 Å². The van der Waals surface area contributed by atoms with Gasteiger partial charge in [-0.15, -0.1) is 11.3 Å². The van der Waals surface area contributed by atoms with Crippen LogP contribution in [0, 0.1) is 13.8 Å². The lowest BCUT2D eigenvalue weighted by molar-refractivity contribution is 0.102. The van der Waals surface area contributed by atoms with Gasteiger partial charge in [-0.3, -0.25) is 4.79 Å². The molecule has 162 valence electrons. The molecule has 0 saturated heterocycles. The third kappa shape index (κ3) is 5.03. The molecule has 4 rings (SSSR count). The minimum Gasteiger partial charge on any atom is -0.343 e. The Morgan fingerprint density at radius 3 is 2.19 bits per heavy atom. The highest BCUT2D eigenvalue weighted by Gasteiger charge is 2.23. The normalized spacial score (nSPS) is 11.7. The largest absolute Gasteiger partial charge is 0.343 e. The van der Waals surface area contributed by atoms with Crippen molar-refractivity contribution >= 4 is 28.2 Å². The fourth-order valence-corrected chi connectivity index (χ4v) is 4.65. The first kappa shape index (κ1) is 21.7. The van der Waals surface area contributed by atoms with Crippen LogP contribution in [0.5, 0.6) is 0 Å². The minimum atomic E-state index is -0.208. The molecular weight excluding hydrogens is 416 g/mol. The van der Waals surface area contributed by atoms with Crippen LogP contribution in [0.25, 0.3) is 0 Å². The number of amides is 1. The molecule has 0 saturated carbocycles. The lowest BCUT2D eigenvalue weighted by atomic mass is 10.00. The van der Waals surface area contributed by atoms with Gasteiger partial charge in [-0.1, -0.05) is 55.5 Å². The zero-order chi connectivity index (χ0) is 22.5. The Labute approximate surface area is 192 Å².